The summed E-state index contributed by atoms with van der Waals surface area (Å²) in [6.45, 7) is 2.76. The van der Waals surface area contributed by atoms with Crippen LogP contribution in [0.4, 0.5) is 14.9 Å². The van der Waals surface area contributed by atoms with Crippen molar-refractivity contribution in [2.45, 2.75) is 25.6 Å². The van der Waals surface area contributed by atoms with Gasteiger partial charge in [-0.1, -0.05) is 42.0 Å². The van der Waals surface area contributed by atoms with E-state index < -0.39 is 30.0 Å². The molecule has 1 heterocycles. The lowest BCUT2D eigenvalue weighted by molar-refractivity contribution is -0.126. The van der Waals surface area contributed by atoms with Gasteiger partial charge in [0.1, 0.15) is 5.82 Å². The number of aryl methyl sites for hydroxylation is 1. The molecule has 0 radical (unpaired) electrons. The molecule has 192 valence electrons. The van der Waals surface area contributed by atoms with Crippen molar-refractivity contribution in [3.63, 3.8) is 0 Å². The number of halogens is 1. The Morgan fingerprint density at radius 3 is 2.49 bits per heavy atom. The van der Waals surface area contributed by atoms with Gasteiger partial charge in [0.2, 0.25) is 5.91 Å². The Hall–Kier alpha value is -4.24. The fourth-order valence-electron chi connectivity index (χ4n) is 4.08. The summed E-state index contributed by atoms with van der Waals surface area (Å²) in [5.74, 6) is -1.23. The first-order valence-corrected chi connectivity index (χ1v) is 11.8. The van der Waals surface area contributed by atoms with Crippen molar-refractivity contribution in [1.29, 1.82) is 0 Å². The lowest BCUT2D eigenvalue weighted by Gasteiger charge is -2.24. The van der Waals surface area contributed by atoms with E-state index in [9.17, 15) is 18.8 Å². The zero-order valence-corrected chi connectivity index (χ0v) is 20.6. The van der Waals surface area contributed by atoms with Gasteiger partial charge in [0.15, 0.2) is 12.1 Å². The number of nitrogens with one attached hydrogen (secondary N) is 2. The largest absolute Gasteiger partial charge is 0.438 e. The first kappa shape index (κ1) is 25.8. The second-order valence-electron chi connectivity index (χ2n) is 8.73. The molecule has 1 aliphatic rings. The third kappa shape index (κ3) is 6.31. The van der Waals surface area contributed by atoms with Crippen LogP contribution in [0.15, 0.2) is 72.8 Å². The Kier molecular flexibility index (Phi) is 8.15. The van der Waals surface area contributed by atoms with Crippen LogP contribution < -0.4 is 10.6 Å². The number of cyclic esters (lactones) is 1. The van der Waals surface area contributed by atoms with Crippen LogP contribution in [0.1, 0.15) is 33.2 Å². The van der Waals surface area contributed by atoms with Crippen molar-refractivity contribution in [2.75, 3.05) is 25.6 Å². The number of amides is 3. The fraction of sp³-hybridized carbons (Fsp3) is 0.250. The normalized spacial score (nSPS) is 16.8. The summed E-state index contributed by atoms with van der Waals surface area (Å²) in [5, 5.41) is 5.57. The molecule has 3 aromatic carbocycles. The number of rotatable bonds is 9. The average molecular weight is 506 g/mol. The highest BCUT2D eigenvalue weighted by molar-refractivity contribution is 6.04. The summed E-state index contributed by atoms with van der Waals surface area (Å²) in [7, 11) is 1.53. The average Bonchev–Trinajstić information content (AvgIpc) is 3.22. The van der Waals surface area contributed by atoms with Gasteiger partial charge in [-0.2, -0.15) is 0 Å². The highest BCUT2D eigenvalue weighted by Crippen LogP contribution is 2.35. The molecule has 2 atom stereocenters. The van der Waals surface area contributed by atoms with Crippen molar-refractivity contribution in [3.8, 4) is 0 Å². The minimum absolute atomic E-state index is 0.193. The summed E-state index contributed by atoms with van der Waals surface area (Å²) < 4.78 is 23.9. The summed E-state index contributed by atoms with van der Waals surface area (Å²) in [5.41, 5.74) is 3.22. The molecular formula is C28H28FN3O5. The lowest BCUT2D eigenvalue weighted by atomic mass is 10.00. The van der Waals surface area contributed by atoms with E-state index in [4.69, 9.17) is 9.47 Å². The smallest absolute Gasteiger partial charge is 0.411 e. The summed E-state index contributed by atoms with van der Waals surface area (Å²) in [6, 6.07) is 18.7. The van der Waals surface area contributed by atoms with Crippen molar-refractivity contribution in [3.05, 3.63) is 101 Å². The third-order valence-corrected chi connectivity index (χ3v) is 6.01. The quantitative estimate of drug-likeness (QED) is 0.425. The van der Waals surface area contributed by atoms with Crippen LogP contribution in [0.5, 0.6) is 0 Å². The maximum Gasteiger partial charge on any atom is 0.411 e. The van der Waals surface area contributed by atoms with E-state index in [1.165, 1.54) is 36.3 Å². The molecule has 0 aliphatic carbocycles. The molecule has 0 unspecified atom stereocenters. The highest BCUT2D eigenvalue weighted by Gasteiger charge is 2.47. The predicted octanol–water partition coefficient (Wildman–Crippen LogP) is 4.21. The fourth-order valence-corrected chi connectivity index (χ4v) is 4.08. The molecule has 9 heteroatoms. The van der Waals surface area contributed by atoms with Crippen LogP contribution in [0.25, 0.3) is 0 Å². The Labute approximate surface area is 214 Å². The van der Waals surface area contributed by atoms with Gasteiger partial charge in [0, 0.05) is 24.9 Å². The molecule has 2 N–H and O–H groups in total. The van der Waals surface area contributed by atoms with Crippen molar-refractivity contribution in [2.24, 2.45) is 0 Å². The van der Waals surface area contributed by atoms with Crippen LogP contribution in [-0.2, 0) is 20.8 Å². The van der Waals surface area contributed by atoms with E-state index in [0.29, 0.717) is 23.4 Å². The molecule has 3 aromatic rings. The van der Waals surface area contributed by atoms with Crippen LogP contribution in [0, 0.1) is 12.7 Å². The summed E-state index contributed by atoms with van der Waals surface area (Å²) in [4.78, 5) is 40.2. The van der Waals surface area contributed by atoms with Crippen LogP contribution in [0.3, 0.4) is 0 Å². The van der Waals surface area contributed by atoms with Gasteiger partial charge in [-0.25, -0.2) is 9.18 Å². The molecule has 0 bridgehead atoms. The second-order valence-corrected chi connectivity index (χ2v) is 8.73. The molecule has 0 spiro atoms. The van der Waals surface area contributed by atoms with E-state index in [0.717, 1.165) is 11.1 Å². The molecule has 3 amide bonds. The molecule has 8 nitrogen and oxygen atoms in total. The lowest BCUT2D eigenvalue weighted by Crippen LogP contribution is -2.47. The Morgan fingerprint density at radius 1 is 1.05 bits per heavy atom. The Bertz CT molecular complexity index is 1260. The first-order valence-electron chi connectivity index (χ1n) is 11.8. The first-order chi connectivity index (χ1) is 17.9. The summed E-state index contributed by atoms with van der Waals surface area (Å²) >= 11 is 0. The predicted molar refractivity (Wildman–Crippen MR) is 135 cm³/mol. The van der Waals surface area contributed by atoms with Gasteiger partial charge in [-0.15, -0.1) is 0 Å². The van der Waals surface area contributed by atoms with Gasteiger partial charge in [-0.3, -0.25) is 14.5 Å². The topological polar surface area (TPSA) is 97.0 Å². The number of methoxy groups -OCH3 is 1. The van der Waals surface area contributed by atoms with Crippen LogP contribution >= 0.6 is 0 Å². The molecule has 37 heavy (non-hydrogen) atoms. The van der Waals surface area contributed by atoms with E-state index in [1.54, 1.807) is 24.3 Å². The molecule has 0 aromatic heterocycles. The van der Waals surface area contributed by atoms with E-state index in [1.807, 2.05) is 31.2 Å². The van der Waals surface area contributed by atoms with E-state index >= 15 is 0 Å². The Morgan fingerprint density at radius 2 is 1.78 bits per heavy atom. The van der Waals surface area contributed by atoms with Crippen molar-refractivity contribution >= 4 is 23.6 Å². The van der Waals surface area contributed by atoms with Gasteiger partial charge >= 0.3 is 6.09 Å². The van der Waals surface area contributed by atoms with Gasteiger partial charge in [-0.05, 0) is 54.4 Å². The zero-order valence-electron chi connectivity index (χ0n) is 20.6. The third-order valence-electron chi connectivity index (χ3n) is 6.01. The Balaban J connectivity index is 1.58. The number of hydrogen-bond donors (Lipinski definition) is 2. The van der Waals surface area contributed by atoms with Crippen LogP contribution in [-0.4, -0.2) is 49.1 Å². The number of carbonyl (C=O) groups is 3. The molecule has 1 saturated heterocycles. The molecule has 4 rings (SSSR count). The maximum absolute atomic E-state index is 13.2. The maximum atomic E-state index is 13.2. The summed E-state index contributed by atoms with van der Waals surface area (Å²) in [6.07, 6.45) is -1.51. The minimum atomic E-state index is -0.936. The number of anilines is 1. The number of hydrogen-bond acceptors (Lipinski definition) is 5. The van der Waals surface area contributed by atoms with E-state index in [2.05, 4.69) is 10.6 Å². The zero-order chi connectivity index (χ0) is 26.4. The number of carbonyl (C=O) groups excluding carboxylic acids is 3. The second kappa shape index (κ2) is 11.7. The van der Waals surface area contributed by atoms with Gasteiger partial charge in [0.05, 0.1) is 13.2 Å². The van der Waals surface area contributed by atoms with Crippen LogP contribution in [0.2, 0.25) is 0 Å². The number of ether oxygens (including phenoxy) is 2. The SMILES string of the molecule is COCCNC(=O)[C@@H]1[C@H](c2cccc(NC(=O)c3ccc(F)cc3)c2)OC(=O)N1Cc1ccc(C)cc1. The minimum Gasteiger partial charge on any atom is -0.438 e. The van der Waals surface area contributed by atoms with Gasteiger partial charge in [0.25, 0.3) is 5.91 Å². The van der Waals surface area contributed by atoms with Crippen molar-refractivity contribution in [1.82, 2.24) is 10.2 Å². The molecule has 0 saturated carbocycles. The van der Waals surface area contributed by atoms with E-state index in [-0.39, 0.29) is 19.0 Å². The highest BCUT2D eigenvalue weighted by atomic mass is 19.1. The monoisotopic (exact) mass is 505 g/mol. The number of benzene rings is 3. The number of nitrogens with zero attached hydrogens (tertiary/aromatic N) is 1. The van der Waals surface area contributed by atoms with Crippen molar-refractivity contribution < 1.29 is 28.2 Å². The molecular weight excluding hydrogens is 477 g/mol. The van der Waals surface area contributed by atoms with Gasteiger partial charge < -0.3 is 20.1 Å². The molecule has 1 fully saturated rings. The molecule has 1 aliphatic heterocycles. The standard InChI is InChI=1S/C28H28FN3O5/c1-18-6-8-19(9-7-18)17-32-24(27(34)30-14-15-36-2)25(37-28(32)35)21-4-3-5-23(16-21)31-26(33)20-10-12-22(29)13-11-20/h3-13,16,24-25H,14-15,17H2,1-2H3,(H,30,34)(H,31,33)/t24-,25-/m0/s1.